The first-order valence-corrected chi connectivity index (χ1v) is 7.73. The maximum Gasteiger partial charge on any atom is 0.132 e. The van der Waals surface area contributed by atoms with E-state index in [1.54, 1.807) is 19.2 Å². The Morgan fingerprint density at radius 3 is 2.80 bits per heavy atom. The van der Waals surface area contributed by atoms with Crippen LogP contribution in [0.5, 0.6) is 5.75 Å². The van der Waals surface area contributed by atoms with Gasteiger partial charge in [-0.2, -0.15) is 0 Å². The third kappa shape index (κ3) is 3.14. The third-order valence-corrected chi connectivity index (χ3v) is 4.45. The van der Waals surface area contributed by atoms with Crippen LogP contribution in [0.3, 0.4) is 0 Å². The van der Waals surface area contributed by atoms with Crippen molar-refractivity contribution >= 4 is 22.9 Å². The number of nitrogens with one attached hydrogen (secondary N) is 1. The van der Waals surface area contributed by atoms with Crippen molar-refractivity contribution < 1.29 is 9.13 Å². The monoisotopic (exact) mass is 313 g/mol. The Hall–Kier alpha value is -1.10. The second-order valence-corrected chi connectivity index (χ2v) is 5.73. The fraction of sp³-hybridized carbons (Fsp3) is 0.333. The Labute approximate surface area is 127 Å². The van der Waals surface area contributed by atoms with Crippen molar-refractivity contribution in [3.05, 3.63) is 50.9 Å². The number of methoxy groups -OCH3 is 1. The van der Waals surface area contributed by atoms with Crippen molar-refractivity contribution in [3.8, 4) is 5.75 Å². The van der Waals surface area contributed by atoms with Crippen LogP contribution in [0.25, 0.3) is 0 Å². The molecular weight excluding hydrogens is 297 g/mol. The van der Waals surface area contributed by atoms with Gasteiger partial charge >= 0.3 is 0 Å². The molecule has 0 radical (unpaired) electrons. The fourth-order valence-electron chi connectivity index (χ4n) is 2.10. The Bertz CT molecular complexity index is 573. The van der Waals surface area contributed by atoms with Gasteiger partial charge in [0, 0.05) is 4.88 Å². The molecule has 1 aromatic carbocycles. The molecule has 20 heavy (non-hydrogen) atoms. The molecule has 1 unspecified atom stereocenters. The molecule has 0 saturated carbocycles. The van der Waals surface area contributed by atoms with Crippen LogP contribution in [0, 0.1) is 5.82 Å². The van der Waals surface area contributed by atoms with Gasteiger partial charge in [-0.1, -0.05) is 24.6 Å². The van der Waals surface area contributed by atoms with Gasteiger partial charge < -0.3 is 10.1 Å². The highest BCUT2D eigenvalue weighted by Gasteiger charge is 2.24. The molecule has 1 N–H and O–H groups in total. The molecule has 0 bridgehead atoms. The molecule has 0 aliphatic heterocycles. The molecule has 5 heteroatoms. The Kier molecular flexibility index (Phi) is 5.40. The van der Waals surface area contributed by atoms with Gasteiger partial charge in [-0.25, -0.2) is 4.39 Å². The zero-order valence-electron chi connectivity index (χ0n) is 11.5. The zero-order valence-corrected chi connectivity index (χ0v) is 13.0. The molecule has 0 spiro atoms. The molecule has 108 valence electrons. The van der Waals surface area contributed by atoms with Crippen molar-refractivity contribution in [2.75, 3.05) is 13.7 Å². The number of hydrogen-bond donors (Lipinski definition) is 1. The average molecular weight is 314 g/mol. The maximum absolute atomic E-state index is 14.3. The largest absolute Gasteiger partial charge is 0.496 e. The Morgan fingerprint density at radius 1 is 1.40 bits per heavy atom. The second kappa shape index (κ2) is 7.07. The summed E-state index contributed by atoms with van der Waals surface area (Å²) >= 11 is 7.73. The highest BCUT2D eigenvalue weighted by molar-refractivity contribution is 7.10. The first-order valence-electron chi connectivity index (χ1n) is 6.47. The molecule has 1 heterocycles. The van der Waals surface area contributed by atoms with Crippen LogP contribution in [0.15, 0.2) is 29.6 Å². The third-order valence-electron chi connectivity index (χ3n) is 3.03. The zero-order chi connectivity index (χ0) is 14.5. The summed E-state index contributed by atoms with van der Waals surface area (Å²) in [4.78, 5) is 0.906. The van der Waals surface area contributed by atoms with E-state index < -0.39 is 0 Å². The highest BCUT2D eigenvalue weighted by atomic mass is 35.5. The molecule has 0 aliphatic carbocycles. The lowest BCUT2D eigenvalue weighted by Gasteiger charge is -2.21. The van der Waals surface area contributed by atoms with Crippen LogP contribution in [-0.2, 0) is 0 Å². The summed E-state index contributed by atoms with van der Waals surface area (Å²) in [6.45, 7) is 2.84. The van der Waals surface area contributed by atoms with Crippen molar-refractivity contribution in [1.82, 2.24) is 5.32 Å². The van der Waals surface area contributed by atoms with Gasteiger partial charge in [-0.05, 0) is 36.5 Å². The van der Waals surface area contributed by atoms with E-state index in [2.05, 4.69) is 12.2 Å². The molecule has 0 saturated heterocycles. The molecular formula is C15H17ClFNOS. The van der Waals surface area contributed by atoms with Gasteiger partial charge in [0.15, 0.2) is 0 Å². The summed E-state index contributed by atoms with van der Waals surface area (Å²) in [6, 6.07) is 6.39. The van der Waals surface area contributed by atoms with Crippen LogP contribution < -0.4 is 10.1 Å². The summed E-state index contributed by atoms with van der Waals surface area (Å²) in [6.07, 6.45) is 0.955. The van der Waals surface area contributed by atoms with Gasteiger partial charge in [0.1, 0.15) is 11.6 Å². The van der Waals surface area contributed by atoms with Crippen LogP contribution in [0.4, 0.5) is 4.39 Å². The SMILES string of the molecule is CCCNC(c1sccc1Cl)c1c(F)cccc1OC. The summed E-state index contributed by atoms with van der Waals surface area (Å²) in [5.41, 5.74) is 0.507. The first-order chi connectivity index (χ1) is 9.69. The first kappa shape index (κ1) is 15.3. The van der Waals surface area contributed by atoms with Gasteiger partial charge in [0.25, 0.3) is 0 Å². The predicted octanol–water partition coefficient (Wildman–Crippen LogP) is 4.64. The topological polar surface area (TPSA) is 21.3 Å². The smallest absolute Gasteiger partial charge is 0.132 e. The number of benzene rings is 1. The number of halogens is 2. The van der Waals surface area contributed by atoms with Crippen LogP contribution >= 0.6 is 22.9 Å². The van der Waals surface area contributed by atoms with Crippen molar-refractivity contribution in [2.24, 2.45) is 0 Å². The summed E-state index contributed by atoms with van der Waals surface area (Å²) in [5, 5.41) is 5.91. The normalized spacial score (nSPS) is 12.4. The molecule has 2 rings (SSSR count). The summed E-state index contributed by atoms with van der Waals surface area (Å²) < 4.78 is 19.6. The van der Waals surface area contributed by atoms with Crippen molar-refractivity contribution in [3.63, 3.8) is 0 Å². The minimum Gasteiger partial charge on any atom is -0.496 e. The van der Waals surface area contributed by atoms with E-state index in [1.165, 1.54) is 17.4 Å². The molecule has 0 aliphatic rings. The van der Waals surface area contributed by atoms with Crippen LogP contribution in [0.2, 0.25) is 5.02 Å². The van der Waals surface area contributed by atoms with Gasteiger partial charge in [0.2, 0.25) is 0 Å². The number of thiophene rings is 1. The van der Waals surface area contributed by atoms with Gasteiger partial charge in [-0.15, -0.1) is 11.3 Å². The summed E-state index contributed by atoms with van der Waals surface area (Å²) in [5.74, 6) is 0.241. The second-order valence-electron chi connectivity index (χ2n) is 4.38. The van der Waals surface area contributed by atoms with Gasteiger partial charge in [-0.3, -0.25) is 0 Å². The molecule has 0 fully saturated rings. The lowest BCUT2D eigenvalue weighted by Crippen LogP contribution is -2.24. The maximum atomic E-state index is 14.3. The average Bonchev–Trinajstić information content (AvgIpc) is 2.87. The van der Waals surface area contributed by atoms with E-state index in [4.69, 9.17) is 16.3 Å². The molecule has 2 aromatic rings. The number of hydrogen-bond acceptors (Lipinski definition) is 3. The van der Waals surface area contributed by atoms with Crippen molar-refractivity contribution in [1.29, 1.82) is 0 Å². The Balaban J connectivity index is 2.49. The Morgan fingerprint density at radius 2 is 2.20 bits per heavy atom. The molecule has 1 atom stereocenters. The number of rotatable bonds is 6. The quantitative estimate of drug-likeness (QED) is 0.839. The summed E-state index contributed by atoms with van der Waals surface area (Å²) in [7, 11) is 1.55. The number of ether oxygens (including phenoxy) is 1. The molecule has 2 nitrogen and oxygen atoms in total. The van der Waals surface area contributed by atoms with E-state index in [0.29, 0.717) is 16.3 Å². The van der Waals surface area contributed by atoms with Gasteiger partial charge in [0.05, 0.1) is 23.7 Å². The lowest BCUT2D eigenvalue weighted by molar-refractivity contribution is 0.397. The van der Waals surface area contributed by atoms with E-state index in [1.807, 2.05) is 11.4 Å². The minimum atomic E-state index is -0.293. The standard InChI is InChI=1S/C15H17ClFNOS/c1-3-8-18-14(15-10(16)7-9-20-15)13-11(17)5-4-6-12(13)19-2/h4-7,9,14,18H,3,8H2,1-2H3. The van der Waals surface area contributed by atoms with E-state index >= 15 is 0 Å². The van der Waals surface area contributed by atoms with E-state index in [9.17, 15) is 4.39 Å². The minimum absolute atomic E-state index is 0.289. The fourth-order valence-corrected chi connectivity index (χ4v) is 3.35. The van der Waals surface area contributed by atoms with E-state index in [0.717, 1.165) is 17.8 Å². The van der Waals surface area contributed by atoms with Crippen LogP contribution in [0.1, 0.15) is 29.8 Å². The molecule has 1 aromatic heterocycles. The molecule has 0 amide bonds. The predicted molar refractivity (Wildman–Crippen MR) is 82.4 cm³/mol. The highest BCUT2D eigenvalue weighted by Crippen LogP contribution is 2.38. The van der Waals surface area contributed by atoms with Crippen LogP contribution in [-0.4, -0.2) is 13.7 Å². The van der Waals surface area contributed by atoms with E-state index in [-0.39, 0.29) is 11.9 Å². The lowest BCUT2D eigenvalue weighted by atomic mass is 10.0. The van der Waals surface area contributed by atoms with Crippen molar-refractivity contribution in [2.45, 2.75) is 19.4 Å².